The third-order valence-corrected chi connectivity index (χ3v) is 3.92. The van der Waals surface area contributed by atoms with Gasteiger partial charge in [-0.1, -0.05) is 0 Å². The minimum Gasteiger partial charge on any atom is -0.383 e. The highest BCUT2D eigenvalue weighted by atomic mass is 16.7. The number of nitrogens with one attached hydrogen (secondary N) is 1. The van der Waals surface area contributed by atoms with Crippen molar-refractivity contribution in [2.75, 3.05) is 33.5 Å². The van der Waals surface area contributed by atoms with Crippen LogP contribution in [0.4, 0.5) is 0 Å². The molecular formula is C12H22N2O4. The van der Waals surface area contributed by atoms with Crippen LogP contribution in [0.1, 0.15) is 25.7 Å². The number of carbonyl (C=O) groups is 1. The van der Waals surface area contributed by atoms with E-state index in [1.807, 2.05) is 0 Å². The van der Waals surface area contributed by atoms with E-state index in [1.54, 1.807) is 7.11 Å². The molecule has 0 bridgehead atoms. The molecule has 0 aromatic heterocycles. The highest BCUT2D eigenvalue weighted by Crippen LogP contribution is 2.40. The fourth-order valence-electron chi connectivity index (χ4n) is 2.75. The second-order valence-electron chi connectivity index (χ2n) is 4.97. The predicted octanol–water partition coefficient (Wildman–Crippen LogP) is -0.236. The molecular weight excluding hydrogens is 236 g/mol. The van der Waals surface area contributed by atoms with E-state index in [-0.39, 0.29) is 5.91 Å². The van der Waals surface area contributed by atoms with Crippen molar-refractivity contribution in [3.63, 3.8) is 0 Å². The van der Waals surface area contributed by atoms with Crippen molar-refractivity contribution in [2.24, 2.45) is 5.73 Å². The van der Waals surface area contributed by atoms with E-state index in [0.717, 1.165) is 0 Å². The number of ether oxygens (including phenoxy) is 3. The van der Waals surface area contributed by atoms with Crippen LogP contribution in [0.25, 0.3) is 0 Å². The number of hydrogen-bond donors (Lipinski definition) is 2. The first-order chi connectivity index (χ1) is 8.63. The summed E-state index contributed by atoms with van der Waals surface area (Å²) >= 11 is 0. The Morgan fingerprint density at radius 3 is 2.39 bits per heavy atom. The van der Waals surface area contributed by atoms with Gasteiger partial charge in [0.1, 0.15) is 0 Å². The summed E-state index contributed by atoms with van der Waals surface area (Å²) < 4.78 is 16.3. The monoisotopic (exact) mass is 258 g/mol. The van der Waals surface area contributed by atoms with Crippen LogP contribution in [0, 0.1) is 0 Å². The van der Waals surface area contributed by atoms with E-state index in [1.165, 1.54) is 0 Å². The Morgan fingerprint density at radius 1 is 1.28 bits per heavy atom. The lowest BCUT2D eigenvalue weighted by molar-refractivity contribution is -0.187. The van der Waals surface area contributed by atoms with Crippen LogP contribution < -0.4 is 11.1 Å². The molecule has 2 fully saturated rings. The molecule has 3 N–H and O–H groups in total. The zero-order valence-corrected chi connectivity index (χ0v) is 10.9. The number of methoxy groups -OCH3 is 1. The molecule has 2 rings (SSSR count). The molecule has 1 aliphatic carbocycles. The van der Waals surface area contributed by atoms with Crippen LogP contribution >= 0.6 is 0 Å². The summed E-state index contributed by atoms with van der Waals surface area (Å²) in [5.41, 5.74) is 4.91. The third kappa shape index (κ3) is 2.66. The predicted molar refractivity (Wildman–Crippen MR) is 64.9 cm³/mol. The maximum atomic E-state index is 11.7. The Bertz CT molecular complexity index is 292. The van der Waals surface area contributed by atoms with Gasteiger partial charge in [0.05, 0.1) is 25.4 Å². The van der Waals surface area contributed by atoms with Crippen LogP contribution in [-0.2, 0) is 19.0 Å². The first-order valence-electron chi connectivity index (χ1n) is 6.44. The summed E-state index contributed by atoms with van der Waals surface area (Å²) in [5, 5.41) is 3.23. The largest absolute Gasteiger partial charge is 0.383 e. The lowest BCUT2D eigenvalue weighted by Gasteiger charge is -2.42. The molecule has 1 aliphatic heterocycles. The molecule has 0 aromatic rings. The second kappa shape index (κ2) is 5.52. The van der Waals surface area contributed by atoms with Gasteiger partial charge >= 0.3 is 0 Å². The molecule has 6 heteroatoms. The van der Waals surface area contributed by atoms with E-state index in [9.17, 15) is 4.79 Å². The molecule has 0 aromatic carbocycles. The molecule has 2 aliphatic rings. The van der Waals surface area contributed by atoms with Gasteiger partial charge in [-0.25, -0.2) is 0 Å². The molecule has 18 heavy (non-hydrogen) atoms. The Balaban J connectivity index is 1.94. The highest BCUT2D eigenvalue weighted by Gasteiger charge is 2.48. The topological polar surface area (TPSA) is 82.8 Å². The number of carbonyl (C=O) groups excluding carboxylic acids is 1. The van der Waals surface area contributed by atoms with Gasteiger partial charge in [-0.3, -0.25) is 4.79 Å². The Hall–Kier alpha value is -0.690. The van der Waals surface area contributed by atoms with Gasteiger partial charge < -0.3 is 25.3 Å². The molecule has 1 saturated heterocycles. The van der Waals surface area contributed by atoms with Crippen molar-refractivity contribution in [3.05, 3.63) is 0 Å². The van der Waals surface area contributed by atoms with E-state index in [0.29, 0.717) is 52.0 Å². The average Bonchev–Trinajstić information content (AvgIpc) is 2.81. The zero-order valence-electron chi connectivity index (χ0n) is 10.9. The van der Waals surface area contributed by atoms with E-state index >= 15 is 0 Å². The molecule has 0 atom stereocenters. The van der Waals surface area contributed by atoms with E-state index in [2.05, 4.69) is 5.32 Å². The van der Waals surface area contributed by atoms with E-state index in [4.69, 9.17) is 19.9 Å². The Morgan fingerprint density at radius 2 is 1.89 bits per heavy atom. The second-order valence-corrected chi connectivity index (χ2v) is 4.97. The molecule has 1 spiro atoms. The van der Waals surface area contributed by atoms with Crippen molar-refractivity contribution in [3.8, 4) is 0 Å². The lowest BCUT2D eigenvalue weighted by atomic mass is 9.78. The Labute approximate surface area is 107 Å². The maximum Gasteiger partial charge on any atom is 0.237 e. The van der Waals surface area contributed by atoms with E-state index < -0.39 is 11.3 Å². The van der Waals surface area contributed by atoms with Crippen LogP contribution in [-0.4, -0.2) is 50.7 Å². The normalized spacial score (nSPS) is 25.4. The van der Waals surface area contributed by atoms with Crippen LogP contribution in [0.2, 0.25) is 0 Å². The fraction of sp³-hybridized carbons (Fsp3) is 0.917. The van der Waals surface area contributed by atoms with Crippen molar-refractivity contribution in [2.45, 2.75) is 37.0 Å². The summed E-state index contributed by atoms with van der Waals surface area (Å²) in [5.74, 6) is -0.770. The van der Waals surface area contributed by atoms with Gasteiger partial charge in [0.2, 0.25) is 5.91 Å². The summed E-state index contributed by atoms with van der Waals surface area (Å²) in [6.45, 7) is 2.46. The van der Waals surface area contributed by atoms with Crippen LogP contribution in [0.15, 0.2) is 0 Å². The molecule has 0 unspecified atom stereocenters. The maximum absolute atomic E-state index is 11.7. The summed E-state index contributed by atoms with van der Waals surface area (Å²) in [4.78, 5) is 11.7. The molecule has 1 amide bonds. The van der Waals surface area contributed by atoms with Crippen molar-refractivity contribution in [1.82, 2.24) is 5.32 Å². The number of amides is 1. The van der Waals surface area contributed by atoms with Gasteiger partial charge in [0.25, 0.3) is 0 Å². The van der Waals surface area contributed by atoms with Gasteiger partial charge in [0, 0.05) is 26.5 Å². The third-order valence-electron chi connectivity index (χ3n) is 3.92. The van der Waals surface area contributed by atoms with Crippen molar-refractivity contribution in [1.29, 1.82) is 0 Å². The van der Waals surface area contributed by atoms with Gasteiger partial charge in [0.15, 0.2) is 5.79 Å². The lowest BCUT2D eigenvalue weighted by Crippen LogP contribution is -2.60. The first-order valence-corrected chi connectivity index (χ1v) is 6.44. The molecule has 104 valence electrons. The molecule has 1 heterocycles. The van der Waals surface area contributed by atoms with Gasteiger partial charge in [-0.15, -0.1) is 0 Å². The number of nitrogens with two attached hydrogens (primary N) is 1. The average molecular weight is 258 g/mol. The van der Waals surface area contributed by atoms with Crippen LogP contribution in [0.3, 0.4) is 0 Å². The minimum atomic E-state index is -0.640. The SMILES string of the molecule is COCCNC1(C(N)=O)CCC2(CC1)OCCO2. The highest BCUT2D eigenvalue weighted by molar-refractivity contribution is 5.84. The number of hydrogen-bond acceptors (Lipinski definition) is 5. The first kappa shape index (κ1) is 13.7. The van der Waals surface area contributed by atoms with Gasteiger partial charge in [-0.2, -0.15) is 0 Å². The number of rotatable bonds is 5. The zero-order chi connectivity index (χ0) is 13.1. The number of primary amides is 1. The summed E-state index contributed by atoms with van der Waals surface area (Å²) in [7, 11) is 1.63. The standard InChI is InChI=1S/C12H22N2O4/c1-16-7-6-14-11(10(13)15)2-4-12(5-3-11)17-8-9-18-12/h14H,2-9H2,1H3,(H2,13,15). The minimum absolute atomic E-state index is 0.300. The smallest absolute Gasteiger partial charge is 0.237 e. The molecule has 1 saturated carbocycles. The van der Waals surface area contributed by atoms with Gasteiger partial charge in [-0.05, 0) is 12.8 Å². The summed E-state index contributed by atoms with van der Waals surface area (Å²) in [6, 6.07) is 0. The van der Waals surface area contributed by atoms with Crippen molar-refractivity contribution < 1.29 is 19.0 Å². The van der Waals surface area contributed by atoms with Crippen LogP contribution in [0.5, 0.6) is 0 Å². The fourth-order valence-corrected chi connectivity index (χ4v) is 2.75. The van der Waals surface area contributed by atoms with Crippen molar-refractivity contribution >= 4 is 5.91 Å². The molecule has 6 nitrogen and oxygen atoms in total. The Kier molecular flexibility index (Phi) is 4.21. The molecule has 0 radical (unpaired) electrons. The quantitative estimate of drug-likeness (QED) is 0.665. The summed E-state index contributed by atoms with van der Waals surface area (Å²) in [6.07, 6.45) is 2.70.